The van der Waals surface area contributed by atoms with E-state index in [4.69, 9.17) is 23.2 Å². The lowest BCUT2D eigenvalue weighted by molar-refractivity contribution is -0.594. The summed E-state index contributed by atoms with van der Waals surface area (Å²) in [5.41, 5.74) is 2.13. The van der Waals surface area contributed by atoms with Crippen molar-refractivity contribution in [2.24, 2.45) is 0 Å². The predicted octanol–water partition coefficient (Wildman–Crippen LogP) is 1.06. The molecule has 102 valence electrons. The van der Waals surface area contributed by atoms with Crippen LogP contribution in [0.15, 0.2) is 67.3 Å². The third-order valence-corrected chi connectivity index (χ3v) is 3.39. The van der Waals surface area contributed by atoms with Gasteiger partial charge in [0.2, 0.25) is 0 Å². The Labute approximate surface area is 133 Å². The van der Waals surface area contributed by atoms with Gasteiger partial charge in [-0.2, -0.15) is 0 Å². The first-order chi connectivity index (χ1) is 9.22. The topological polar surface area (TPSA) is 8.81 Å². The number of hydrogen-bond donors (Lipinski definition) is 0. The average Bonchev–Trinajstić information content (AvgIpc) is 2.90. The Morgan fingerprint density at radius 2 is 1.35 bits per heavy atom. The van der Waals surface area contributed by atoms with Gasteiger partial charge in [0.15, 0.2) is 0 Å². The van der Waals surface area contributed by atoms with Crippen LogP contribution in [0.25, 0.3) is 11.4 Å². The lowest BCUT2D eigenvalue weighted by Gasteiger charge is -1.96. The van der Waals surface area contributed by atoms with Gasteiger partial charge in [0.05, 0.1) is 0 Å². The Bertz CT molecular complexity index is 628. The van der Waals surface area contributed by atoms with Crippen LogP contribution in [0.2, 0.25) is 10.0 Å². The smallest absolute Gasteiger partial charge is 0.254 e. The van der Waals surface area contributed by atoms with E-state index >= 15 is 0 Å². The number of halogens is 3. The highest BCUT2D eigenvalue weighted by Crippen LogP contribution is 2.13. The van der Waals surface area contributed by atoms with E-state index in [1.54, 1.807) is 0 Å². The first-order valence-corrected chi connectivity index (χ1v) is 6.59. The normalized spacial score (nSPS) is 10.1. The Morgan fingerprint density at radius 1 is 0.800 bits per heavy atom. The van der Waals surface area contributed by atoms with Gasteiger partial charge >= 0.3 is 0 Å². The van der Waals surface area contributed by atoms with Gasteiger partial charge in [-0.1, -0.05) is 23.2 Å². The van der Waals surface area contributed by atoms with Crippen molar-refractivity contribution in [3.63, 3.8) is 0 Å². The van der Waals surface area contributed by atoms with Gasteiger partial charge in [-0.3, -0.25) is 0 Å². The molecule has 2 aromatic carbocycles. The molecule has 0 saturated carbocycles. The molecule has 20 heavy (non-hydrogen) atoms. The summed E-state index contributed by atoms with van der Waals surface area (Å²) in [7, 11) is 0. The molecule has 0 bridgehead atoms. The predicted molar refractivity (Wildman–Crippen MR) is 77.3 cm³/mol. The third kappa shape index (κ3) is 3.15. The molecule has 0 amide bonds. The van der Waals surface area contributed by atoms with Crippen molar-refractivity contribution in [3.8, 4) is 11.4 Å². The summed E-state index contributed by atoms with van der Waals surface area (Å²) >= 11 is 11.8. The molecule has 0 saturated heterocycles. The van der Waals surface area contributed by atoms with Crippen LogP contribution in [0.4, 0.5) is 0 Å². The number of rotatable bonds is 2. The standard InChI is InChI=1S/C15H11Cl2N2.ClH/c16-12-1-5-14(6-2-12)18-9-10-19(11-18)15-7-3-13(17)4-8-15;/h1-11H;1H/q+1;/p-1. The van der Waals surface area contributed by atoms with Gasteiger partial charge < -0.3 is 12.4 Å². The van der Waals surface area contributed by atoms with E-state index in [0.717, 1.165) is 21.4 Å². The molecule has 2 nitrogen and oxygen atoms in total. The van der Waals surface area contributed by atoms with Gasteiger partial charge in [-0.15, -0.1) is 0 Å². The van der Waals surface area contributed by atoms with Crippen molar-refractivity contribution in [2.75, 3.05) is 0 Å². The fourth-order valence-corrected chi connectivity index (χ4v) is 2.14. The van der Waals surface area contributed by atoms with Crippen LogP contribution in [-0.2, 0) is 0 Å². The van der Waals surface area contributed by atoms with E-state index in [-0.39, 0.29) is 12.4 Å². The third-order valence-electron chi connectivity index (χ3n) is 2.89. The molecule has 3 aromatic rings. The number of imidazole rings is 1. The summed E-state index contributed by atoms with van der Waals surface area (Å²) in [5, 5.41) is 1.47. The van der Waals surface area contributed by atoms with Crippen molar-refractivity contribution >= 4 is 23.2 Å². The van der Waals surface area contributed by atoms with Crippen LogP contribution >= 0.6 is 23.2 Å². The minimum absolute atomic E-state index is 0. The fraction of sp³-hybridized carbons (Fsp3) is 0. The van der Waals surface area contributed by atoms with E-state index < -0.39 is 0 Å². The first kappa shape index (κ1) is 14.9. The van der Waals surface area contributed by atoms with Crippen LogP contribution in [0.5, 0.6) is 0 Å². The van der Waals surface area contributed by atoms with Gasteiger partial charge in [0.1, 0.15) is 23.8 Å². The van der Waals surface area contributed by atoms with Crippen molar-refractivity contribution < 1.29 is 17.0 Å². The van der Waals surface area contributed by atoms with Crippen LogP contribution < -0.4 is 17.0 Å². The number of aromatic nitrogens is 2. The maximum absolute atomic E-state index is 5.89. The van der Waals surface area contributed by atoms with Crippen LogP contribution in [0, 0.1) is 0 Å². The molecular weight excluding hydrogens is 315 g/mol. The average molecular weight is 326 g/mol. The molecule has 5 heteroatoms. The summed E-state index contributed by atoms with van der Waals surface area (Å²) in [4.78, 5) is 0. The molecule has 0 radical (unpaired) electrons. The summed E-state index contributed by atoms with van der Waals surface area (Å²) in [6.07, 6.45) is 6.00. The zero-order valence-corrected chi connectivity index (χ0v) is 12.6. The van der Waals surface area contributed by atoms with Crippen LogP contribution in [-0.4, -0.2) is 4.57 Å². The highest BCUT2D eigenvalue weighted by Gasteiger charge is 2.08. The first-order valence-electron chi connectivity index (χ1n) is 5.83. The van der Waals surface area contributed by atoms with Gasteiger partial charge in [0, 0.05) is 10.0 Å². The number of hydrogen-bond acceptors (Lipinski definition) is 0. The van der Waals surface area contributed by atoms with Gasteiger partial charge in [0.25, 0.3) is 6.33 Å². The second kappa shape index (κ2) is 6.31. The largest absolute Gasteiger partial charge is 1.00 e. The van der Waals surface area contributed by atoms with Crippen molar-refractivity contribution in [3.05, 3.63) is 77.3 Å². The van der Waals surface area contributed by atoms with Gasteiger partial charge in [-0.05, 0) is 48.5 Å². The maximum atomic E-state index is 5.89. The molecular formula is C15H11Cl3N2. The van der Waals surface area contributed by atoms with Gasteiger partial charge in [-0.25, -0.2) is 9.13 Å². The minimum Gasteiger partial charge on any atom is -1.00 e. The quantitative estimate of drug-likeness (QED) is 0.623. The Hall–Kier alpha value is -1.48. The molecule has 1 heterocycles. The highest BCUT2D eigenvalue weighted by atomic mass is 35.5. The summed E-state index contributed by atoms with van der Waals surface area (Å²) in [5.74, 6) is 0. The molecule has 0 aliphatic carbocycles. The van der Waals surface area contributed by atoms with Crippen LogP contribution in [0.1, 0.15) is 0 Å². The second-order valence-electron chi connectivity index (χ2n) is 4.18. The monoisotopic (exact) mass is 324 g/mol. The minimum atomic E-state index is 0. The molecule has 0 unspecified atom stereocenters. The second-order valence-corrected chi connectivity index (χ2v) is 5.05. The molecule has 0 aliphatic heterocycles. The lowest BCUT2D eigenvalue weighted by Crippen LogP contribution is -3.00. The molecule has 0 atom stereocenters. The van der Waals surface area contributed by atoms with E-state index in [9.17, 15) is 0 Å². The van der Waals surface area contributed by atoms with E-state index in [2.05, 4.69) is 0 Å². The van der Waals surface area contributed by atoms with Crippen molar-refractivity contribution in [2.45, 2.75) is 0 Å². The van der Waals surface area contributed by atoms with E-state index in [1.807, 2.05) is 76.4 Å². The van der Waals surface area contributed by atoms with Crippen LogP contribution in [0.3, 0.4) is 0 Å². The maximum Gasteiger partial charge on any atom is 0.254 e. The molecule has 3 rings (SSSR count). The zero-order chi connectivity index (χ0) is 13.2. The Kier molecular flexibility index (Phi) is 4.71. The van der Waals surface area contributed by atoms with E-state index in [0.29, 0.717) is 0 Å². The molecule has 0 aliphatic rings. The fourth-order valence-electron chi connectivity index (χ4n) is 1.89. The Balaban J connectivity index is 0.00000147. The molecule has 1 aromatic heterocycles. The molecule has 0 N–H and O–H groups in total. The number of nitrogens with zero attached hydrogens (tertiary/aromatic N) is 2. The zero-order valence-electron chi connectivity index (χ0n) is 10.4. The highest BCUT2D eigenvalue weighted by molar-refractivity contribution is 6.30. The number of benzene rings is 2. The summed E-state index contributed by atoms with van der Waals surface area (Å²) in [6, 6.07) is 15.4. The Morgan fingerprint density at radius 3 is 1.95 bits per heavy atom. The van der Waals surface area contributed by atoms with E-state index in [1.165, 1.54) is 0 Å². The molecule has 0 spiro atoms. The van der Waals surface area contributed by atoms with Crippen molar-refractivity contribution in [1.82, 2.24) is 4.57 Å². The summed E-state index contributed by atoms with van der Waals surface area (Å²) in [6.45, 7) is 0. The molecule has 0 fully saturated rings. The van der Waals surface area contributed by atoms with Crippen molar-refractivity contribution in [1.29, 1.82) is 0 Å². The SMILES string of the molecule is Clc1ccc(-n2cc[n+](-c3ccc(Cl)cc3)c2)cc1.[Cl-]. The summed E-state index contributed by atoms with van der Waals surface area (Å²) < 4.78 is 4.07. The lowest BCUT2D eigenvalue weighted by atomic mass is 10.3.